The van der Waals surface area contributed by atoms with Crippen LogP contribution < -0.4 is 0 Å². The molecule has 6 nitrogen and oxygen atoms in total. The topological polar surface area (TPSA) is 99.5 Å². The molecule has 0 aromatic heterocycles. The van der Waals surface area contributed by atoms with Crippen molar-refractivity contribution in [3.63, 3.8) is 0 Å². The van der Waals surface area contributed by atoms with E-state index < -0.39 is 34.7 Å². The van der Waals surface area contributed by atoms with E-state index in [9.17, 15) is 20.1 Å². The first-order valence-electron chi connectivity index (χ1n) is 7.35. The second-order valence-electron chi connectivity index (χ2n) is 7.30. The van der Waals surface area contributed by atoms with Gasteiger partial charge in [-0.2, -0.15) is 0 Å². The van der Waals surface area contributed by atoms with Gasteiger partial charge in [0.25, 0.3) is 5.79 Å². The number of hydrogen-bond donors (Lipinski definition) is 3. The van der Waals surface area contributed by atoms with E-state index >= 15 is 0 Å². The molecule has 0 aromatic carbocycles. The average molecular weight is 296 g/mol. The third kappa shape index (κ3) is 1.27. The maximum absolute atomic E-state index is 11.8. The lowest BCUT2D eigenvalue weighted by atomic mass is 9.78. The summed E-state index contributed by atoms with van der Waals surface area (Å²) in [5, 5.41) is 32.1. The minimum Gasteiger partial charge on any atom is -0.423 e. The number of hydrogen-bond acceptors (Lipinski definition) is 6. The normalized spacial score (nSPS) is 58.3. The number of aliphatic hydroxyl groups is 3. The summed E-state index contributed by atoms with van der Waals surface area (Å²) < 4.78 is 10.9. The van der Waals surface area contributed by atoms with Crippen LogP contribution >= 0.6 is 0 Å². The van der Waals surface area contributed by atoms with Crippen molar-refractivity contribution in [3.8, 4) is 0 Å². The molecule has 3 N–H and O–H groups in total. The van der Waals surface area contributed by atoms with E-state index in [0.717, 1.165) is 0 Å². The van der Waals surface area contributed by atoms with Gasteiger partial charge in [-0.05, 0) is 40.0 Å². The molecule has 0 radical (unpaired) electrons. The molecule has 2 aliphatic heterocycles. The Hall–Kier alpha value is -0.950. The molecule has 6 heteroatoms. The minimum atomic E-state index is -2.04. The van der Waals surface area contributed by atoms with Crippen LogP contribution in [0.2, 0.25) is 0 Å². The van der Waals surface area contributed by atoms with E-state index in [2.05, 4.69) is 0 Å². The van der Waals surface area contributed by atoms with Crippen molar-refractivity contribution in [2.45, 2.75) is 68.7 Å². The molecular weight excluding hydrogens is 276 g/mol. The summed E-state index contributed by atoms with van der Waals surface area (Å²) in [5.74, 6) is -2.95. The first-order valence-corrected chi connectivity index (χ1v) is 7.35. The van der Waals surface area contributed by atoms with Crippen molar-refractivity contribution in [2.24, 2.45) is 5.92 Å². The smallest absolute Gasteiger partial charge is 0.336 e. The van der Waals surface area contributed by atoms with Crippen LogP contribution in [-0.2, 0) is 14.3 Å². The fraction of sp³-hybridized carbons (Fsp3) is 0.800. The van der Waals surface area contributed by atoms with Gasteiger partial charge in [-0.15, -0.1) is 0 Å². The van der Waals surface area contributed by atoms with Crippen LogP contribution in [0.25, 0.3) is 0 Å². The third-order valence-electron chi connectivity index (χ3n) is 6.25. The molecular formula is C15H20O6. The molecule has 6 atom stereocenters. The Kier molecular flexibility index (Phi) is 2.18. The lowest BCUT2D eigenvalue weighted by Gasteiger charge is -2.32. The molecule has 0 amide bonds. The summed E-state index contributed by atoms with van der Waals surface area (Å²) in [4.78, 5) is 11.8. The number of epoxide rings is 1. The van der Waals surface area contributed by atoms with Crippen LogP contribution in [0.1, 0.15) is 40.0 Å². The molecule has 4 rings (SSSR count). The van der Waals surface area contributed by atoms with Gasteiger partial charge in [0.05, 0.1) is 5.60 Å². The van der Waals surface area contributed by atoms with Crippen molar-refractivity contribution in [3.05, 3.63) is 11.1 Å². The van der Waals surface area contributed by atoms with Crippen molar-refractivity contribution >= 4 is 5.97 Å². The van der Waals surface area contributed by atoms with Gasteiger partial charge in [-0.1, -0.05) is 0 Å². The maximum Gasteiger partial charge on any atom is 0.336 e. The van der Waals surface area contributed by atoms with Crippen molar-refractivity contribution < 1.29 is 29.6 Å². The standard InChI is InChI=1S/C15H20O6/c1-7-8-6-9-12(2,18)4-5-14(9)13(3,21-14)11(17)15(8,19)20-10(7)16/h9,11,17-19H,4-6H2,1-3H3/t9-,11+,12+,13-,14+,15-/m1/s1. The zero-order valence-electron chi connectivity index (χ0n) is 12.3. The van der Waals surface area contributed by atoms with Gasteiger partial charge in [-0.25, -0.2) is 4.79 Å². The lowest BCUT2D eigenvalue weighted by Crippen LogP contribution is -2.52. The largest absolute Gasteiger partial charge is 0.423 e. The van der Waals surface area contributed by atoms with Crippen molar-refractivity contribution in [1.29, 1.82) is 0 Å². The molecule has 2 saturated carbocycles. The molecule has 1 saturated heterocycles. The van der Waals surface area contributed by atoms with Crippen LogP contribution in [0, 0.1) is 5.92 Å². The second kappa shape index (κ2) is 3.35. The Balaban J connectivity index is 1.91. The van der Waals surface area contributed by atoms with Crippen LogP contribution in [0.3, 0.4) is 0 Å². The summed E-state index contributed by atoms with van der Waals surface area (Å²) >= 11 is 0. The summed E-state index contributed by atoms with van der Waals surface area (Å²) in [6.07, 6.45) is 0.113. The number of carbonyl (C=O) groups is 1. The molecule has 0 unspecified atom stereocenters. The number of rotatable bonds is 0. The monoisotopic (exact) mass is 296 g/mol. The summed E-state index contributed by atoms with van der Waals surface area (Å²) in [5.41, 5.74) is -1.93. The lowest BCUT2D eigenvalue weighted by molar-refractivity contribution is -0.227. The maximum atomic E-state index is 11.8. The van der Waals surface area contributed by atoms with Crippen molar-refractivity contribution in [1.82, 2.24) is 0 Å². The Morgan fingerprint density at radius 3 is 2.57 bits per heavy atom. The Morgan fingerprint density at radius 1 is 1.24 bits per heavy atom. The zero-order chi connectivity index (χ0) is 15.4. The summed E-state index contributed by atoms with van der Waals surface area (Å²) in [6, 6.07) is 0. The van der Waals surface area contributed by atoms with Crippen LogP contribution in [0.4, 0.5) is 0 Å². The van der Waals surface area contributed by atoms with Crippen molar-refractivity contribution in [2.75, 3.05) is 0 Å². The Morgan fingerprint density at radius 2 is 1.90 bits per heavy atom. The molecule has 0 bridgehead atoms. The molecule has 1 spiro atoms. The highest BCUT2D eigenvalue weighted by Gasteiger charge is 2.83. The predicted molar refractivity (Wildman–Crippen MR) is 69.9 cm³/mol. The van der Waals surface area contributed by atoms with Crippen LogP contribution in [0.5, 0.6) is 0 Å². The molecule has 116 valence electrons. The number of esters is 1. The number of ether oxygens (including phenoxy) is 2. The molecule has 4 aliphatic rings. The van der Waals surface area contributed by atoms with Gasteiger partial charge in [0.2, 0.25) is 0 Å². The average Bonchev–Trinajstić information content (AvgIpc) is 2.85. The number of fused-ring (bicyclic) bond motifs is 1. The van der Waals surface area contributed by atoms with Gasteiger partial charge >= 0.3 is 5.97 Å². The summed E-state index contributed by atoms with van der Waals surface area (Å²) in [6.45, 7) is 5.05. The molecule has 3 fully saturated rings. The van der Waals surface area contributed by atoms with E-state index in [1.54, 1.807) is 20.8 Å². The van der Waals surface area contributed by atoms with Gasteiger partial charge < -0.3 is 24.8 Å². The fourth-order valence-corrected chi connectivity index (χ4v) is 4.80. The highest BCUT2D eigenvalue weighted by molar-refractivity contribution is 5.92. The SMILES string of the molecule is CC1=C2C[C@@H]3[C@@](C)(O)CC[C@]34O[C@]4(C)[C@H](O)[C@]2(O)OC1=O. The van der Waals surface area contributed by atoms with E-state index in [-0.39, 0.29) is 12.3 Å². The Labute approximate surface area is 122 Å². The second-order valence-corrected chi connectivity index (χ2v) is 7.30. The molecule has 21 heavy (non-hydrogen) atoms. The summed E-state index contributed by atoms with van der Waals surface area (Å²) in [7, 11) is 0. The van der Waals surface area contributed by atoms with Gasteiger partial charge in [-0.3, -0.25) is 0 Å². The highest BCUT2D eigenvalue weighted by Crippen LogP contribution is 2.70. The van der Waals surface area contributed by atoms with Gasteiger partial charge in [0.15, 0.2) is 6.10 Å². The fourth-order valence-electron chi connectivity index (χ4n) is 4.80. The van der Waals surface area contributed by atoms with Gasteiger partial charge in [0.1, 0.15) is 11.2 Å². The zero-order valence-corrected chi connectivity index (χ0v) is 12.3. The van der Waals surface area contributed by atoms with E-state index in [1.807, 2.05) is 0 Å². The Bertz CT molecular complexity index is 595. The third-order valence-corrected chi connectivity index (χ3v) is 6.25. The van der Waals surface area contributed by atoms with Crippen LogP contribution in [-0.4, -0.2) is 50.0 Å². The predicted octanol–water partition coefficient (Wildman–Crippen LogP) is 0.00160. The van der Waals surface area contributed by atoms with Crippen LogP contribution in [0.15, 0.2) is 11.1 Å². The molecule has 2 aliphatic carbocycles. The molecule has 2 heterocycles. The minimum absolute atomic E-state index is 0.280. The first-order chi connectivity index (χ1) is 9.58. The quantitative estimate of drug-likeness (QED) is 0.430. The van der Waals surface area contributed by atoms with Gasteiger partial charge in [0, 0.05) is 17.1 Å². The number of aliphatic hydroxyl groups excluding tert-OH is 1. The first kappa shape index (κ1) is 13.7. The number of carbonyl (C=O) groups excluding carboxylic acids is 1. The van der Waals surface area contributed by atoms with E-state index in [0.29, 0.717) is 24.0 Å². The molecule has 0 aromatic rings. The van der Waals surface area contributed by atoms with E-state index in [4.69, 9.17) is 9.47 Å². The van der Waals surface area contributed by atoms with E-state index in [1.165, 1.54) is 0 Å². The highest BCUT2D eigenvalue weighted by atomic mass is 16.7.